The summed E-state index contributed by atoms with van der Waals surface area (Å²) in [4.78, 5) is 45.9. The maximum absolute atomic E-state index is 12.6. The smallest absolute Gasteiger partial charge is 0.245 e. The fourth-order valence-corrected chi connectivity index (χ4v) is 3.69. The number of likely N-dealkylation sites (tertiary alicyclic amines) is 1. The van der Waals surface area contributed by atoms with Gasteiger partial charge in [0.25, 0.3) is 0 Å². The molecule has 1 aromatic heterocycles. The van der Waals surface area contributed by atoms with Crippen LogP contribution in [0, 0.1) is 0 Å². The Morgan fingerprint density at radius 2 is 1.81 bits per heavy atom. The van der Waals surface area contributed by atoms with Crippen LogP contribution >= 0.6 is 0 Å². The summed E-state index contributed by atoms with van der Waals surface area (Å²) in [6.45, 7) is 5.29. The second-order valence-corrected chi connectivity index (χ2v) is 7.01. The van der Waals surface area contributed by atoms with Gasteiger partial charge in [-0.15, -0.1) is 0 Å². The first-order valence-electron chi connectivity index (χ1n) is 9.38. The van der Waals surface area contributed by atoms with Crippen molar-refractivity contribution in [1.82, 2.24) is 24.3 Å². The lowest BCUT2D eigenvalue weighted by atomic mass is 10.1. The van der Waals surface area contributed by atoms with Crippen LogP contribution in [0.1, 0.15) is 32.6 Å². The quantitative estimate of drug-likeness (QED) is 0.669. The van der Waals surface area contributed by atoms with Gasteiger partial charge in [0.1, 0.15) is 6.04 Å². The maximum Gasteiger partial charge on any atom is 0.245 e. The number of piperazine rings is 1. The zero-order chi connectivity index (χ0) is 18.5. The molecule has 2 aliphatic heterocycles. The molecular weight excluding hydrogens is 334 g/mol. The lowest BCUT2D eigenvalue weighted by molar-refractivity contribution is -0.155. The molecule has 0 N–H and O–H groups in total. The van der Waals surface area contributed by atoms with Crippen LogP contribution in [-0.2, 0) is 20.9 Å². The van der Waals surface area contributed by atoms with Crippen LogP contribution in [0.2, 0.25) is 0 Å². The maximum atomic E-state index is 12.6. The Morgan fingerprint density at radius 1 is 1.04 bits per heavy atom. The van der Waals surface area contributed by atoms with Gasteiger partial charge in [-0.05, 0) is 26.2 Å². The molecule has 2 fully saturated rings. The van der Waals surface area contributed by atoms with E-state index >= 15 is 0 Å². The van der Waals surface area contributed by atoms with Crippen LogP contribution in [0.5, 0.6) is 0 Å². The van der Waals surface area contributed by atoms with Gasteiger partial charge in [-0.1, -0.05) is 0 Å². The Bertz CT molecular complexity index is 645. The predicted octanol–water partition coefficient (Wildman–Crippen LogP) is 0.345. The lowest BCUT2D eigenvalue weighted by Crippen LogP contribution is -2.59. The standard InChI is InChI=1S/C18H27N5O3/c1-15-18(26)22(10-4-9-21-8-2-5-16(21)24)13-17(25)23(15)11-3-7-20-12-6-19-14-20/h6,12,14-15H,2-5,7-11,13H2,1H3/t15-/m0/s1. The summed E-state index contributed by atoms with van der Waals surface area (Å²) < 4.78 is 1.97. The second-order valence-electron chi connectivity index (χ2n) is 7.01. The van der Waals surface area contributed by atoms with E-state index in [1.165, 1.54) is 0 Å². The molecule has 0 aromatic carbocycles. The van der Waals surface area contributed by atoms with Crippen LogP contribution in [0.4, 0.5) is 0 Å². The van der Waals surface area contributed by atoms with E-state index in [4.69, 9.17) is 0 Å². The van der Waals surface area contributed by atoms with Gasteiger partial charge in [0.2, 0.25) is 17.7 Å². The monoisotopic (exact) mass is 361 g/mol. The van der Waals surface area contributed by atoms with Crippen LogP contribution in [-0.4, -0.2) is 80.7 Å². The molecular formula is C18H27N5O3. The highest BCUT2D eigenvalue weighted by molar-refractivity contribution is 5.94. The number of nitrogens with zero attached hydrogens (tertiary/aromatic N) is 5. The number of aromatic nitrogens is 2. The number of carbonyl (C=O) groups is 3. The minimum absolute atomic E-state index is 0.0000185. The van der Waals surface area contributed by atoms with Gasteiger partial charge < -0.3 is 19.3 Å². The number of hydrogen-bond acceptors (Lipinski definition) is 4. The Kier molecular flexibility index (Phi) is 5.90. The molecule has 0 radical (unpaired) electrons. The molecule has 0 aliphatic carbocycles. The number of amides is 3. The van der Waals surface area contributed by atoms with Gasteiger partial charge in [0, 0.05) is 51.5 Å². The summed E-state index contributed by atoms with van der Waals surface area (Å²) in [6.07, 6.45) is 8.43. The van der Waals surface area contributed by atoms with Crippen molar-refractivity contribution in [2.24, 2.45) is 0 Å². The average Bonchev–Trinajstić information content (AvgIpc) is 3.27. The van der Waals surface area contributed by atoms with E-state index in [-0.39, 0.29) is 24.3 Å². The number of aryl methyl sites for hydroxylation is 1. The van der Waals surface area contributed by atoms with Crippen molar-refractivity contribution in [1.29, 1.82) is 0 Å². The predicted molar refractivity (Wildman–Crippen MR) is 95.0 cm³/mol. The first-order chi connectivity index (χ1) is 12.6. The molecule has 0 saturated carbocycles. The summed E-state index contributed by atoms with van der Waals surface area (Å²) >= 11 is 0. The summed E-state index contributed by atoms with van der Waals surface area (Å²) in [6, 6.07) is -0.424. The number of hydrogen-bond donors (Lipinski definition) is 0. The summed E-state index contributed by atoms with van der Waals surface area (Å²) in [7, 11) is 0. The fraction of sp³-hybridized carbons (Fsp3) is 0.667. The third-order valence-corrected chi connectivity index (χ3v) is 5.19. The van der Waals surface area contributed by atoms with Crippen molar-refractivity contribution in [2.45, 2.75) is 45.2 Å². The van der Waals surface area contributed by atoms with Gasteiger partial charge in [0.15, 0.2) is 0 Å². The van der Waals surface area contributed by atoms with Gasteiger partial charge in [0.05, 0.1) is 12.9 Å². The molecule has 0 spiro atoms. The van der Waals surface area contributed by atoms with E-state index in [1.807, 2.05) is 15.7 Å². The van der Waals surface area contributed by atoms with Crippen LogP contribution in [0.15, 0.2) is 18.7 Å². The SMILES string of the molecule is C[C@H]1C(=O)N(CCCN2CCCC2=O)CC(=O)N1CCCn1ccnc1. The van der Waals surface area contributed by atoms with E-state index in [0.29, 0.717) is 26.1 Å². The van der Waals surface area contributed by atoms with E-state index in [9.17, 15) is 14.4 Å². The van der Waals surface area contributed by atoms with Crippen LogP contribution in [0.25, 0.3) is 0 Å². The second kappa shape index (κ2) is 8.33. The molecule has 2 saturated heterocycles. The van der Waals surface area contributed by atoms with Gasteiger partial charge in [-0.2, -0.15) is 0 Å². The summed E-state index contributed by atoms with van der Waals surface area (Å²) in [5, 5.41) is 0. The van der Waals surface area contributed by atoms with Crippen LogP contribution in [0.3, 0.4) is 0 Å². The molecule has 0 unspecified atom stereocenters. The van der Waals surface area contributed by atoms with E-state index < -0.39 is 6.04 Å². The van der Waals surface area contributed by atoms with E-state index in [0.717, 1.165) is 32.4 Å². The molecule has 2 aliphatic rings. The molecule has 3 heterocycles. The minimum Gasteiger partial charge on any atom is -0.343 e. The number of carbonyl (C=O) groups excluding carboxylic acids is 3. The molecule has 26 heavy (non-hydrogen) atoms. The zero-order valence-electron chi connectivity index (χ0n) is 15.3. The fourth-order valence-electron chi connectivity index (χ4n) is 3.69. The van der Waals surface area contributed by atoms with Crippen molar-refractivity contribution in [3.05, 3.63) is 18.7 Å². The number of rotatable bonds is 8. The van der Waals surface area contributed by atoms with E-state index in [1.54, 1.807) is 29.2 Å². The summed E-state index contributed by atoms with van der Waals surface area (Å²) in [5.41, 5.74) is 0. The third kappa shape index (κ3) is 4.23. The van der Waals surface area contributed by atoms with Crippen molar-refractivity contribution in [2.75, 3.05) is 32.7 Å². The minimum atomic E-state index is -0.424. The Morgan fingerprint density at radius 3 is 2.50 bits per heavy atom. The van der Waals surface area contributed by atoms with Crippen molar-refractivity contribution >= 4 is 17.7 Å². The zero-order valence-corrected chi connectivity index (χ0v) is 15.3. The molecule has 3 amide bonds. The highest BCUT2D eigenvalue weighted by Crippen LogP contribution is 2.15. The molecule has 3 rings (SSSR count). The Labute approximate surface area is 153 Å². The average molecular weight is 361 g/mol. The first kappa shape index (κ1) is 18.4. The van der Waals surface area contributed by atoms with E-state index in [2.05, 4.69) is 4.98 Å². The van der Waals surface area contributed by atoms with Gasteiger partial charge in [-0.3, -0.25) is 14.4 Å². The van der Waals surface area contributed by atoms with Crippen molar-refractivity contribution in [3.8, 4) is 0 Å². The number of imidazole rings is 1. The third-order valence-electron chi connectivity index (χ3n) is 5.19. The molecule has 142 valence electrons. The van der Waals surface area contributed by atoms with Crippen LogP contribution < -0.4 is 0 Å². The largest absolute Gasteiger partial charge is 0.343 e. The molecule has 8 heteroatoms. The lowest BCUT2D eigenvalue weighted by Gasteiger charge is -2.39. The Balaban J connectivity index is 1.44. The first-order valence-corrected chi connectivity index (χ1v) is 9.38. The highest BCUT2D eigenvalue weighted by atomic mass is 16.2. The molecule has 0 bridgehead atoms. The highest BCUT2D eigenvalue weighted by Gasteiger charge is 2.35. The molecule has 1 atom stereocenters. The normalized spacial score (nSPS) is 21.2. The molecule has 1 aromatic rings. The van der Waals surface area contributed by atoms with Gasteiger partial charge >= 0.3 is 0 Å². The van der Waals surface area contributed by atoms with Crippen molar-refractivity contribution < 1.29 is 14.4 Å². The van der Waals surface area contributed by atoms with Gasteiger partial charge in [-0.25, -0.2) is 4.98 Å². The molecule has 8 nitrogen and oxygen atoms in total. The Hall–Kier alpha value is -2.38. The topological polar surface area (TPSA) is 78.8 Å². The van der Waals surface area contributed by atoms with Crippen molar-refractivity contribution in [3.63, 3.8) is 0 Å². The summed E-state index contributed by atoms with van der Waals surface area (Å²) in [5.74, 6) is 0.198.